The lowest BCUT2D eigenvalue weighted by Gasteiger charge is -2.28. The van der Waals surface area contributed by atoms with Crippen molar-refractivity contribution in [1.29, 1.82) is 0 Å². The summed E-state index contributed by atoms with van der Waals surface area (Å²) in [5.74, 6) is -0.221. The van der Waals surface area contributed by atoms with Gasteiger partial charge in [0.1, 0.15) is 11.3 Å². The van der Waals surface area contributed by atoms with Crippen molar-refractivity contribution in [3.05, 3.63) is 59.5 Å². The molecule has 0 bridgehead atoms. The summed E-state index contributed by atoms with van der Waals surface area (Å²) in [5, 5.41) is 5.86. The van der Waals surface area contributed by atoms with Crippen molar-refractivity contribution in [2.45, 2.75) is 46.0 Å². The van der Waals surface area contributed by atoms with E-state index in [2.05, 4.69) is 32.7 Å². The van der Waals surface area contributed by atoms with Gasteiger partial charge in [0.2, 0.25) is 5.91 Å². The van der Waals surface area contributed by atoms with Crippen molar-refractivity contribution >= 4 is 28.8 Å². The van der Waals surface area contributed by atoms with Crippen LogP contribution in [0.1, 0.15) is 53.8 Å². The average Bonchev–Trinajstić information content (AvgIpc) is 3.15. The topological polar surface area (TPSA) is 78.7 Å². The highest BCUT2D eigenvalue weighted by Crippen LogP contribution is 2.22. The van der Waals surface area contributed by atoms with Crippen LogP contribution in [0.15, 0.2) is 42.6 Å². The molecule has 2 aromatic heterocycles. The smallest absolute Gasteiger partial charge is 0.270 e. The van der Waals surface area contributed by atoms with Crippen LogP contribution in [0.5, 0.6) is 0 Å². The van der Waals surface area contributed by atoms with Crippen LogP contribution in [0, 0.1) is 13.8 Å². The zero-order chi connectivity index (χ0) is 22.5. The molecule has 3 heterocycles. The molecular formula is C25H31N5O2. The molecule has 4 rings (SSSR count). The molecule has 32 heavy (non-hydrogen) atoms. The molecule has 2 N–H and O–H groups in total. The number of carbonyl (C=O) groups is 2. The highest BCUT2D eigenvalue weighted by molar-refractivity contribution is 5.95. The highest BCUT2D eigenvalue weighted by atomic mass is 16.2. The van der Waals surface area contributed by atoms with Gasteiger partial charge in [-0.15, -0.1) is 0 Å². The lowest BCUT2D eigenvalue weighted by molar-refractivity contribution is -0.116. The number of hydrogen-bond donors (Lipinski definition) is 2. The lowest BCUT2D eigenvalue weighted by Crippen LogP contribution is -2.29. The molecule has 0 aliphatic carbocycles. The second-order valence-corrected chi connectivity index (χ2v) is 8.43. The number of fused-ring (bicyclic) bond motifs is 1. The van der Waals surface area contributed by atoms with Gasteiger partial charge < -0.3 is 15.5 Å². The van der Waals surface area contributed by atoms with E-state index in [1.54, 1.807) is 0 Å². The Morgan fingerprint density at radius 2 is 1.78 bits per heavy atom. The fraction of sp³-hybridized carbons (Fsp3) is 0.400. The number of carbonyl (C=O) groups excluding carboxylic acids is 2. The Morgan fingerprint density at radius 3 is 2.53 bits per heavy atom. The third-order valence-electron chi connectivity index (χ3n) is 5.97. The monoisotopic (exact) mass is 433 g/mol. The summed E-state index contributed by atoms with van der Waals surface area (Å²) in [5.41, 5.74) is 5.07. The zero-order valence-electron chi connectivity index (χ0n) is 18.9. The predicted molar refractivity (Wildman–Crippen MR) is 127 cm³/mol. The van der Waals surface area contributed by atoms with Crippen LogP contribution in [-0.4, -0.2) is 40.8 Å². The van der Waals surface area contributed by atoms with E-state index < -0.39 is 0 Å². The van der Waals surface area contributed by atoms with Crippen LogP contribution in [0.2, 0.25) is 0 Å². The van der Waals surface area contributed by atoms with Gasteiger partial charge in [0.15, 0.2) is 0 Å². The minimum Gasteiger partial charge on any atom is -0.372 e. The summed E-state index contributed by atoms with van der Waals surface area (Å²) in [6.07, 6.45) is 6.55. The Kier molecular flexibility index (Phi) is 6.73. The van der Waals surface area contributed by atoms with Crippen molar-refractivity contribution in [3.63, 3.8) is 0 Å². The Labute approximate surface area is 188 Å². The normalized spacial score (nSPS) is 13.9. The molecule has 7 heteroatoms. The number of nitrogens with zero attached hydrogens (tertiary/aromatic N) is 3. The van der Waals surface area contributed by atoms with Gasteiger partial charge in [0.05, 0.1) is 5.69 Å². The number of hydrogen-bond acceptors (Lipinski definition) is 4. The summed E-state index contributed by atoms with van der Waals surface area (Å²) >= 11 is 0. The van der Waals surface area contributed by atoms with Gasteiger partial charge in [-0.3, -0.25) is 14.0 Å². The SMILES string of the molecule is Cc1nc2c(C)cccn2c1C(=O)NCCCC(=O)Nc1ccc(N2CCCCC2)cc1. The van der Waals surface area contributed by atoms with Crippen LogP contribution < -0.4 is 15.5 Å². The minimum absolute atomic E-state index is 0.0495. The second kappa shape index (κ2) is 9.85. The molecule has 2 amide bonds. The maximum Gasteiger partial charge on any atom is 0.270 e. The number of aryl methyl sites for hydroxylation is 2. The summed E-state index contributed by atoms with van der Waals surface area (Å²) in [6.45, 7) is 6.45. The van der Waals surface area contributed by atoms with Gasteiger partial charge in [-0.2, -0.15) is 0 Å². The van der Waals surface area contributed by atoms with E-state index in [0.717, 1.165) is 30.0 Å². The maximum absolute atomic E-state index is 12.7. The summed E-state index contributed by atoms with van der Waals surface area (Å²) in [6, 6.07) is 11.9. The fourth-order valence-corrected chi connectivity index (χ4v) is 4.26. The Balaban J connectivity index is 1.23. The molecule has 1 aromatic carbocycles. The number of benzene rings is 1. The molecule has 0 saturated carbocycles. The number of pyridine rings is 1. The number of piperidine rings is 1. The summed E-state index contributed by atoms with van der Waals surface area (Å²) < 4.78 is 1.82. The molecule has 0 atom stereocenters. The van der Waals surface area contributed by atoms with Crippen LogP contribution in [0.3, 0.4) is 0 Å². The number of amides is 2. The molecular weight excluding hydrogens is 402 g/mol. The first kappa shape index (κ1) is 21.9. The van der Waals surface area contributed by atoms with E-state index in [1.165, 1.54) is 24.9 Å². The largest absolute Gasteiger partial charge is 0.372 e. The van der Waals surface area contributed by atoms with Crippen LogP contribution in [-0.2, 0) is 4.79 Å². The Bertz CT molecular complexity index is 1100. The first-order chi connectivity index (χ1) is 15.5. The molecule has 0 spiro atoms. The molecule has 1 aliphatic rings. The molecule has 1 fully saturated rings. The van der Waals surface area contributed by atoms with Gasteiger partial charge in [-0.25, -0.2) is 4.98 Å². The van der Waals surface area contributed by atoms with E-state index in [-0.39, 0.29) is 11.8 Å². The second-order valence-electron chi connectivity index (χ2n) is 8.43. The zero-order valence-corrected chi connectivity index (χ0v) is 18.9. The van der Waals surface area contributed by atoms with Gasteiger partial charge in [-0.1, -0.05) is 6.07 Å². The molecule has 0 unspecified atom stereocenters. The molecule has 7 nitrogen and oxygen atoms in total. The Hall–Kier alpha value is -3.35. The van der Waals surface area contributed by atoms with E-state index in [1.807, 2.05) is 48.7 Å². The molecule has 3 aromatic rings. The van der Waals surface area contributed by atoms with E-state index in [0.29, 0.717) is 30.8 Å². The van der Waals surface area contributed by atoms with Crippen molar-refractivity contribution in [3.8, 4) is 0 Å². The van der Waals surface area contributed by atoms with E-state index in [9.17, 15) is 9.59 Å². The predicted octanol–water partition coefficient (Wildman–Crippen LogP) is 4.09. The maximum atomic E-state index is 12.7. The van der Waals surface area contributed by atoms with E-state index >= 15 is 0 Å². The number of nitrogens with one attached hydrogen (secondary N) is 2. The highest BCUT2D eigenvalue weighted by Gasteiger charge is 2.17. The summed E-state index contributed by atoms with van der Waals surface area (Å²) in [7, 11) is 0. The van der Waals surface area contributed by atoms with Crippen molar-refractivity contribution in [2.75, 3.05) is 29.9 Å². The molecule has 1 saturated heterocycles. The number of rotatable bonds is 7. The third-order valence-corrected chi connectivity index (χ3v) is 5.97. The van der Waals surface area contributed by atoms with E-state index in [4.69, 9.17) is 0 Å². The minimum atomic E-state index is -0.172. The summed E-state index contributed by atoms with van der Waals surface area (Å²) in [4.78, 5) is 31.9. The quantitative estimate of drug-likeness (QED) is 0.550. The number of imidazole rings is 1. The first-order valence-electron chi connectivity index (χ1n) is 11.4. The van der Waals surface area contributed by atoms with Crippen molar-refractivity contribution < 1.29 is 9.59 Å². The lowest BCUT2D eigenvalue weighted by atomic mass is 10.1. The van der Waals surface area contributed by atoms with Crippen LogP contribution in [0.4, 0.5) is 11.4 Å². The average molecular weight is 434 g/mol. The van der Waals surface area contributed by atoms with Gasteiger partial charge in [0, 0.05) is 43.6 Å². The molecule has 0 radical (unpaired) electrons. The number of anilines is 2. The van der Waals surface area contributed by atoms with Crippen LogP contribution >= 0.6 is 0 Å². The molecule has 1 aliphatic heterocycles. The fourth-order valence-electron chi connectivity index (χ4n) is 4.26. The standard InChI is InChI=1S/C25H31N5O2/c1-18-8-7-17-30-23(19(2)27-24(18)30)25(32)26-14-6-9-22(31)28-20-10-12-21(13-11-20)29-15-4-3-5-16-29/h7-8,10-13,17H,3-6,9,14-16H2,1-2H3,(H,26,32)(H,28,31). The first-order valence-corrected chi connectivity index (χ1v) is 11.4. The molecule has 168 valence electrons. The third kappa shape index (κ3) is 4.93. The van der Waals surface area contributed by atoms with Crippen molar-refractivity contribution in [1.82, 2.24) is 14.7 Å². The Morgan fingerprint density at radius 1 is 1.03 bits per heavy atom. The van der Waals surface area contributed by atoms with Crippen LogP contribution in [0.25, 0.3) is 5.65 Å². The van der Waals surface area contributed by atoms with Gasteiger partial charge >= 0.3 is 0 Å². The number of aromatic nitrogens is 2. The van der Waals surface area contributed by atoms with Crippen molar-refractivity contribution in [2.24, 2.45) is 0 Å². The van der Waals surface area contributed by atoms with Gasteiger partial charge in [0.25, 0.3) is 5.91 Å². The van der Waals surface area contributed by atoms with Gasteiger partial charge in [-0.05, 0) is 75.4 Å².